The van der Waals surface area contributed by atoms with Gasteiger partial charge in [-0.15, -0.1) is 0 Å². The Hall–Kier alpha value is -2.18. The molecule has 0 unspecified atom stereocenters. The molecule has 1 amide bonds. The molecule has 18 heavy (non-hydrogen) atoms. The van der Waals surface area contributed by atoms with Gasteiger partial charge < -0.3 is 15.2 Å². The fourth-order valence-corrected chi connectivity index (χ4v) is 1.07. The Kier molecular flexibility index (Phi) is 4.19. The van der Waals surface area contributed by atoms with Gasteiger partial charge in [-0.2, -0.15) is 0 Å². The number of hydrogen-bond acceptors (Lipinski definition) is 5. The van der Waals surface area contributed by atoms with Gasteiger partial charge in [-0.25, -0.2) is 19.6 Å². The van der Waals surface area contributed by atoms with Crippen LogP contribution in [0.15, 0.2) is 12.3 Å². The highest BCUT2D eigenvalue weighted by atomic mass is 16.6. The van der Waals surface area contributed by atoms with Crippen LogP contribution in [0.1, 0.15) is 37.1 Å². The molecular formula is C11H15N3O4. The Morgan fingerprint density at radius 3 is 2.67 bits per heavy atom. The van der Waals surface area contributed by atoms with Crippen LogP contribution < -0.4 is 5.32 Å². The molecule has 0 fully saturated rings. The summed E-state index contributed by atoms with van der Waals surface area (Å²) in [5.74, 6) is -1.52. The Bertz CT molecular complexity index is 454. The summed E-state index contributed by atoms with van der Waals surface area (Å²) in [5.41, 5.74) is -0.185. The average Bonchev–Trinajstić information content (AvgIpc) is 2.24. The normalized spacial score (nSPS) is 10.8. The second kappa shape index (κ2) is 5.44. The van der Waals surface area contributed by atoms with E-state index in [-0.39, 0.29) is 12.4 Å². The highest BCUT2D eigenvalue weighted by Gasteiger charge is 2.16. The molecular weight excluding hydrogens is 238 g/mol. The number of amides is 1. The molecule has 0 aliphatic heterocycles. The van der Waals surface area contributed by atoms with Gasteiger partial charge in [0, 0.05) is 6.20 Å². The molecule has 0 saturated carbocycles. The lowest BCUT2D eigenvalue weighted by atomic mass is 10.2. The Labute approximate surface area is 104 Å². The number of carboxylic acids is 1. The topological polar surface area (TPSA) is 101 Å². The number of aromatic nitrogens is 2. The van der Waals surface area contributed by atoms with E-state index >= 15 is 0 Å². The quantitative estimate of drug-likeness (QED) is 0.839. The number of rotatable bonds is 3. The van der Waals surface area contributed by atoms with Crippen LogP contribution in [0.3, 0.4) is 0 Å². The number of aromatic carboxylic acids is 1. The summed E-state index contributed by atoms with van der Waals surface area (Å²) in [6, 6.07) is 1.52. The number of alkyl carbamates (subject to hydrolysis) is 1. The molecule has 0 spiro atoms. The van der Waals surface area contributed by atoms with Crippen LogP contribution in [0.2, 0.25) is 0 Å². The minimum atomic E-state index is -1.21. The molecule has 0 aromatic carbocycles. The van der Waals surface area contributed by atoms with Crippen LogP contribution in [0, 0.1) is 0 Å². The molecule has 2 N–H and O–H groups in total. The van der Waals surface area contributed by atoms with Gasteiger partial charge in [-0.1, -0.05) is 0 Å². The van der Waals surface area contributed by atoms with Crippen LogP contribution in [0.5, 0.6) is 0 Å². The smallest absolute Gasteiger partial charge is 0.407 e. The third-order valence-corrected chi connectivity index (χ3v) is 1.72. The number of nitrogens with zero attached hydrogens (tertiary/aromatic N) is 2. The monoisotopic (exact) mass is 253 g/mol. The summed E-state index contributed by atoms with van der Waals surface area (Å²) in [7, 11) is 0. The minimum absolute atomic E-state index is 0.0811. The van der Waals surface area contributed by atoms with E-state index in [2.05, 4.69) is 15.3 Å². The molecule has 7 nitrogen and oxygen atoms in total. The molecule has 0 atom stereocenters. The predicted octanol–water partition coefficient (Wildman–Crippen LogP) is 1.20. The molecule has 0 radical (unpaired) electrons. The van der Waals surface area contributed by atoms with E-state index < -0.39 is 17.7 Å². The van der Waals surface area contributed by atoms with E-state index in [1.165, 1.54) is 12.3 Å². The van der Waals surface area contributed by atoms with Gasteiger partial charge in [0.1, 0.15) is 5.60 Å². The average molecular weight is 253 g/mol. The van der Waals surface area contributed by atoms with Gasteiger partial charge in [0.05, 0.1) is 12.2 Å². The van der Waals surface area contributed by atoms with E-state index in [1.807, 2.05) is 0 Å². The third-order valence-electron chi connectivity index (χ3n) is 1.72. The summed E-state index contributed by atoms with van der Waals surface area (Å²) in [5, 5.41) is 11.2. The summed E-state index contributed by atoms with van der Waals surface area (Å²) in [6.07, 6.45) is 0.737. The Balaban J connectivity index is 2.56. The zero-order valence-corrected chi connectivity index (χ0v) is 10.4. The Morgan fingerprint density at radius 1 is 1.44 bits per heavy atom. The van der Waals surface area contributed by atoms with Gasteiger partial charge in [0.25, 0.3) is 0 Å². The fraction of sp³-hybridized carbons (Fsp3) is 0.455. The van der Waals surface area contributed by atoms with Crippen molar-refractivity contribution in [2.75, 3.05) is 0 Å². The second-order valence-corrected chi connectivity index (χ2v) is 4.53. The van der Waals surface area contributed by atoms with E-state index in [0.717, 1.165) is 0 Å². The lowest BCUT2D eigenvalue weighted by Gasteiger charge is -2.19. The van der Waals surface area contributed by atoms with Crippen molar-refractivity contribution in [2.24, 2.45) is 0 Å². The summed E-state index contributed by atoms with van der Waals surface area (Å²) < 4.78 is 5.03. The molecule has 1 rings (SSSR count). The van der Waals surface area contributed by atoms with E-state index in [1.54, 1.807) is 20.8 Å². The number of ether oxygens (including phenoxy) is 1. The lowest BCUT2D eigenvalue weighted by Crippen LogP contribution is -2.32. The molecule has 1 heterocycles. The van der Waals surface area contributed by atoms with Crippen LogP contribution in [0.25, 0.3) is 0 Å². The van der Waals surface area contributed by atoms with E-state index in [9.17, 15) is 9.59 Å². The maximum absolute atomic E-state index is 11.4. The first-order valence-corrected chi connectivity index (χ1v) is 5.30. The molecule has 0 aliphatic rings. The maximum atomic E-state index is 11.4. The molecule has 0 bridgehead atoms. The number of carboxylic acid groups (broad SMARTS) is 1. The minimum Gasteiger partial charge on any atom is -0.475 e. The third kappa shape index (κ3) is 4.77. The van der Waals surface area contributed by atoms with Crippen LogP contribution in [-0.4, -0.2) is 32.7 Å². The predicted molar refractivity (Wildman–Crippen MR) is 62.1 cm³/mol. The second-order valence-electron chi connectivity index (χ2n) is 4.53. The van der Waals surface area contributed by atoms with Crippen molar-refractivity contribution in [3.05, 3.63) is 23.8 Å². The van der Waals surface area contributed by atoms with Crippen LogP contribution in [0.4, 0.5) is 4.79 Å². The molecule has 98 valence electrons. The van der Waals surface area contributed by atoms with Crippen molar-refractivity contribution in [3.63, 3.8) is 0 Å². The van der Waals surface area contributed by atoms with Crippen molar-refractivity contribution in [1.29, 1.82) is 0 Å². The number of hydrogen-bond donors (Lipinski definition) is 2. The van der Waals surface area contributed by atoms with Gasteiger partial charge >= 0.3 is 12.1 Å². The molecule has 1 aromatic rings. The first kappa shape index (κ1) is 13.9. The zero-order valence-electron chi connectivity index (χ0n) is 10.4. The molecule has 0 aliphatic carbocycles. The van der Waals surface area contributed by atoms with Crippen molar-refractivity contribution in [3.8, 4) is 0 Å². The van der Waals surface area contributed by atoms with Gasteiger partial charge in [0.15, 0.2) is 0 Å². The van der Waals surface area contributed by atoms with Crippen LogP contribution in [-0.2, 0) is 11.3 Å². The Morgan fingerprint density at radius 2 is 2.11 bits per heavy atom. The SMILES string of the molecule is CC(C)(C)OC(=O)NCc1ccnc(C(=O)O)n1. The van der Waals surface area contributed by atoms with Gasteiger partial charge in [0.2, 0.25) is 5.82 Å². The zero-order chi connectivity index (χ0) is 13.8. The van der Waals surface area contributed by atoms with Crippen molar-refractivity contribution in [2.45, 2.75) is 32.9 Å². The largest absolute Gasteiger partial charge is 0.475 e. The molecule has 1 aromatic heterocycles. The van der Waals surface area contributed by atoms with Gasteiger partial charge in [-0.3, -0.25) is 0 Å². The highest BCUT2D eigenvalue weighted by molar-refractivity contribution is 5.82. The summed E-state index contributed by atoms with van der Waals surface area (Å²) in [6.45, 7) is 5.33. The number of carbonyl (C=O) groups is 2. The fourth-order valence-electron chi connectivity index (χ4n) is 1.07. The van der Waals surface area contributed by atoms with E-state index in [4.69, 9.17) is 9.84 Å². The summed E-state index contributed by atoms with van der Waals surface area (Å²) in [4.78, 5) is 29.3. The molecule has 0 saturated heterocycles. The summed E-state index contributed by atoms with van der Waals surface area (Å²) >= 11 is 0. The van der Waals surface area contributed by atoms with Crippen molar-refractivity contribution < 1.29 is 19.4 Å². The number of nitrogens with one attached hydrogen (secondary N) is 1. The first-order valence-electron chi connectivity index (χ1n) is 5.30. The maximum Gasteiger partial charge on any atom is 0.407 e. The van der Waals surface area contributed by atoms with Crippen LogP contribution >= 0.6 is 0 Å². The highest BCUT2D eigenvalue weighted by Crippen LogP contribution is 2.06. The first-order chi connectivity index (χ1) is 8.28. The standard InChI is InChI=1S/C11H15N3O4/c1-11(2,3)18-10(17)13-6-7-4-5-12-8(14-7)9(15)16/h4-5H,6H2,1-3H3,(H,13,17)(H,15,16). The molecule has 7 heteroatoms. The van der Waals surface area contributed by atoms with Crippen molar-refractivity contribution in [1.82, 2.24) is 15.3 Å². The van der Waals surface area contributed by atoms with Gasteiger partial charge in [-0.05, 0) is 26.8 Å². The van der Waals surface area contributed by atoms with Crippen molar-refractivity contribution >= 4 is 12.1 Å². The lowest BCUT2D eigenvalue weighted by molar-refractivity contribution is 0.0522. The number of carbonyl (C=O) groups excluding carboxylic acids is 1. The van der Waals surface area contributed by atoms with E-state index in [0.29, 0.717) is 5.69 Å².